The molecule has 3 atom stereocenters. The monoisotopic (exact) mass is 428 g/mol. The first kappa shape index (κ1) is 17.3. The number of rotatable bonds is 5. The first-order valence-electron chi connectivity index (χ1n) is 4.22. The van der Waals surface area contributed by atoms with Crippen LogP contribution in [0.15, 0.2) is 34.3 Å². The Balaban J connectivity index is 4.67. The molecule has 0 N–H and O–H groups in total. The van der Waals surface area contributed by atoms with Crippen molar-refractivity contribution in [2.24, 2.45) is 0 Å². The normalized spacial score (nSPS) is 21.3. The predicted octanol–water partition coefficient (Wildman–Crippen LogP) is 6.14. The zero-order valence-corrected chi connectivity index (χ0v) is 14.5. The van der Waals surface area contributed by atoms with Crippen molar-refractivity contribution in [3.05, 3.63) is 34.3 Å². The van der Waals surface area contributed by atoms with Gasteiger partial charge in [-0.25, -0.2) is 0 Å². The van der Waals surface area contributed by atoms with Gasteiger partial charge in [-0.05, 0) is 17.5 Å². The van der Waals surface area contributed by atoms with Crippen molar-refractivity contribution in [3.63, 3.8) is 0 Å². The Morgan fingerprint density at radius 2 is 1.94 bits per heavy atom. The lowest BCUT2D eigenvalue weighted by atomic mass is 10.1. The number of alkyl halides is 4. The van der Waals surface area contributed by atoms with Gasteiger partial charge >= 0.3 is 0 Å². The lowest BCUT2D eigenvalue weighted by Gasteiger charge is -2.21. The van der Waals surface area contributed by atoms with Gasteiger partial charge < -0.3 is 0 Å². The van der Waals surface area contributed by atoms with Crippen LogP contribution in [-0.4, -0.2) is 14.5 Å². The van der Waals surface area contributed by atoms with Crippen LogP contribution in [0, 0.1) is 0 Å². The van der Waals surface area contributed by atoms with Crippen molar-refractivity contribution in [2.75, 3.05) is 0 Å². The van der Waals surface area contributed by atoms with Crippen LogP contribution in [0.3, 0.4) is 0 Å². The summed E-state index contributed by atoms with van der Waals surface area (Å²) in [4.78, 5) is 1.00. The molecule has 0 aromatic rings. The van der Waals surface area contributed by atoms with Crippen LogP contribution < -0.4 is 0 Å². The van der Waals surface area contributed by atoms with Crippen molar-refractivity contribution in [1.29, 1.82) is 0 Å². The third kappa shape index (κ3) is 6.32. The van der Waals surface area contributed by atoms with Gasteiger partial charge in [0.1, 0.15) is 4.29 Å². The summed E-state index contributed by atoms with van der Waals surface area (Å²) in [5.41, 5.74) is 2.10. The van der Waals surface area contributed by atoms with E-state index in [9.17, 15) is 0 Å². The molecule has 0 aromatic carbocycles. The minimum Gasteiger partial charge on any atom is -0.116 e. The quantitative estimate of drug-likeness (QED) is 0.362. The highest BCUT2D eigenvalue weighted by atomic mass is 79.9. The zero-order chi connectivity index (χ0) is 12.8. The third-order valence-corrected chi connectivity index (χ3v) is 4.13. The summed E-state index contributed by atoms with van der Waals surface area (Å²) in [6.07, 6.45) is 5.24. The smallest absolute Gasteiger partial charge is 0.114 e. The number of hydrogen-bond donors (Lipinski definition) is 0. The Labute approximate surface area is 133 Å². The van der Waals surface area contributed by atoms with Crippen LogP contribution in [0.5, 0.6) is 0 Å². The van der Waals surface area contributed by atoms with Gasteiger partial charge in [-0.3, -0.25) is 0 Å². The molecule has 0 nitrogen and oxygen atoms in total. The lowest BCUT2D eigenvalue weighted by Crippen LogP contribution is -2.24. The van der Waals surface area contributed by atoms with Gasteiger partial charge in [0.05, 0.1) is 10.3 Å². The van der Waals surface area contributed by atoms with Crippen molar-refractivity contribution in [2.45, 2.75) is 21.5 Å². The van der Waals surface area contributed by atoms with Gasteiger partial charge in [-0.15, -0.1) is 34.8 Å². The highest BCUT2D eigenvalue weighted by Gasteiger charge is 2.25. The Kier molecular flexibility index (Phi) is 9.15. The van der Waals surface area contributed by atoms with Crippen LogP contribution >= 0.6 is 78.3 Å². The minimum atomic E-state index is -0.674. The third-order valence-electron chi connectivity index (χ3n) is 1.76. The SMILES string of the molecule is CC(Cl)(C=CBr)C(Cl)C=CC(=CCl)C(Cl)Br. The summed E-state index contributed by atoms with van der Waals surface area (Å²) in [5.74, 6) is 0. The fourth-order valence-corrected chi connectivity index (χ4v) is 2.57. The van der Waals surface area contributed by atoms with Crippen LogP contribution in [-0.2, 0) is 0 Å². The fourth-order valence-electron chi connectivity index (χ4n) is 0.756. The molecular weight excluding hydrogens is 422 g/mol. The summed E-state index contributed by atoms with van der Waals surface area (Å²) in [5, 5.41) is -0.377. The molecule has 0 amide bonds. The van der Waals surface area contributed by atoms with E-state index in [1.165, 1.54) is 5.54 Å². The first-order valence-corrected chi connectivity index (χ1v) is 7.74. The highest BCUT2D eigenvalue weighted by molar-refractivity contribution is 9.11. The molecule has 0 aliphatic carbocycles. The Morgan fingerprint density at radius 3 is 2.31 bits per heavy atom. The first-order chi connectivity index (χ1) is 7.35. The van der Waals surface area contributed by atoms with Gasteiger partial charge in [0, 0.05) is 5.54 Å². The lowest BCUT2D eigenvalue weighted by molar-refractivity contribution is 0.800. The minimum absolute atomic E-state index is 0.349. The van der Waals surface area contributed by atoms with Gasteiger partial charge in [0.25, 0.3) is 0 Å². The molecule has 6 heteroatoms. The molecule has 0 saturated heterocycles. The maximum Gasteiger partial charge on any atom is 0.114 e. The van der Waals surface area contributed by atoms with E-state index in [0.29, 0.717) is 5.57 Å². The number of allylic oxidation sites excluding steroid dienone is 4. The van der Waals surface area contributed by atoms with E-state index in [2.05, 4.69) is 31.9 Å². The molecule has 92 valence electrons. The molecule has 0 aromatic heterocycles. The van der Waals surface area contributed by atoms with Crippen molar-refractivity contribution in [1.82, 2.24) is 0 Å². The van der Waals surface area contributed by atoms with Crippen molar-refractivity contribution < 1.29 is 0 Å². The van der Waals surface area contributed by atoms with Crippen LogP contribution in [0.1, 0.15) is 6.92 Å². The van der Waals surface area contributed by atoms with Gasteiger partial charge in [0.2, 0.25) is 0 Å². The van der Waals surface area contributed by atoms with E-state index in [0.717, 1.165) is 0 Å². The van der Waals surface area contributed by atoms with Crippen LogP contribution in [0.2, 0.25) is 0 Å². The average Bonchev–Trinajstić information content (AvgIpc) is 2.17. The molecule has 0 aliphatic rings. The molecule has 0 spiro atoms. The van der Waals surface area contributed by atoms with Crippen molar-refractivity contribution >= 4 is 78.3 Å². The Hall–Kier alpha value is 1.34. The summed E-state index contributed by atoms with van der Waals surface area (Å²) < 4.78 is -0.349. The maximum absolute atomic E-state index is 6.20. The van der Waals surface area contributed by atoms with E-state index in [4.69, 9.17) is 46.4 Å². The largest absolute Gasteiger partial charge is 0.116 e. The summed E-state index contributed by atoms with van der Waals surface area (Å²) in [7, 11) is 0. The standard InChI is InChI=1S/C10H10Br2Cl4/c1-10(16,4-5-11)8(14)3-2-7(6-13)9(12)15/h2-6,8-9H,1H3. The predicted molar refractivity (Wildman–Crippen MR) is 83.6 cm³/mol. The molecule has 0 heterocycles. The van der Waals surface area contributed by atoms with Crippen molar-refractivity contribution in [3.8, 4) is 0 Å². The molecule has 3 unspecified atom stereocenters. The van der Waals surface area contributed by atoms with Crippen LogP contribution in [0.25, 0.3) is 0 Å². The Morgan fingerprint density at radius 1 is 1.38 bits per heavy atom. The fraction of sp³-hybridized carbons (Fsp3) is 0.400. The summed E-state index contributed by atoms with van der Waals surface area (Å²) >= 11 is 30.1. The van der Waals surface area contributed by atoms with Gasteiger partial charge in [0.15, 0.2) is 0 Å². The number of halogens is 6. The molecule has 0 saturated carbocycles. The van der Waals surface area contributed by atoms with Crippen LogP contribution in [0.4, 0.5) is 0 Å². The van der Waals surface area contributed by atoms with E-state index < -0.39 is 4.87 Å². The second-order valence-corrected chi connectivity index (χ2v) is 7.03. The van der Waals surface area contributed by atoms with E-state index in [1.54, 1.807) is 23.2 Å². The van der Waals surface area contributed by atoms with E-state index >= 15 is 0 Å². The molecule has 0 bridgehead atoms. The second-order valence-electron chi connectivity index (χ2n) is 3.11. The molecule has 0 fully saturated rings. The summed E-state index contributed by atoms with van der Waals surface area (Å²) in [6, 6.07) is 0. The molecule has 0 radical (unpaired) electrons. The molecule has 16 heavy (non-hydrogen) atoms. The topological polar surface area (TPSA) is 0 Å². The average molecular weight is 432 g/mol. The molecule has 0 rings (SSSR count). The zero-order valence-electron chi connectivity index (χ0n) is 8.31. The van der Waals surface area contributed by atoms with E-state index in [-0.39, 0.29) is 9.66 Å². The summed E-state index contributed by atoms with van der Waals surface area (Å²) in [6.45, 7) is 1.81. The number of hydrogen-bond acceptors (Lipinski definition) is 0. The van der Waals surface area contributed by atoms with Gasteiger partial charge in [-0.2, -0.15) is 0 Å². The molecular formula is C10H10Br2Cl4. The molecule has 0 aliphatic heterocycles. The van der Waals surface area contributed by atoms with Gasteiger partial charge in [-0.1, -0.05) is 61.7 Å². The second kappa shape index (κ2) is 8.44. The maximum atomic E-state index is 6.20. The van der Waals surface area contributed by atoms with E-state index in [1.807, 2.05) is 6.92 Å². The highest BCUT2D eigenvalue weighted by Crippen LogP contribution is 2.28. The Bertz CT molecular complexity index is 295.